The van der Waals surface area contributed by atoms with Gasteiger partial charge in [-0.1, -0.05) is 26.7 Å². The number of carboxylic acid groups (broad SMARTS) is 1. The molecule has 112 valence electrons. The molecule has 4 nitrogen and oxygen atoms in total. The predicted molar refractivity (Wildman–Crippen MR) is 78.4 cm³/mol. The Morgan fingerprint density at radius 1 is 1.37 bits per heavy atom. The molecule has 0 aromatic carbocycles. The summed E-state index contributed by atoms with van der Waals surface area (Å²) in [5, 5.41) is 12.2. The number of carboxylic acids is 1. The molecular formula is C15H30N2O2. The molecular weight excluding hydrogens is 240 g/mol. The maximum Gasteiger partial charge on any atom is 0.320 e. The first-order valence-electron chi connectivity index (χ1n) is 7.85. The van der Waals surface area contributed by atoms with Crippen LogP contribution < -0.4 is 5.32 Å². The van der Waals surface area contributed by atoms with Crippen molar-refractivity contribution in [2.45, 2.75) is 58.4 Å². The van der Waals surface area contributed by atoms with E-state index in [1.165, 1.54) is 32.1 Å². The largest absolute Gasteiger partial charge is 0.480 e. The average Bonchev–Trinajstić information content (AvgIpc) is 2.60. The Morgan fingerprint density at radius 2 is 2.16 bits per heavy atom. The number of likely N-dealkylation sites (N-methyl/N-ethyl adjacent to an activating group) is 1. The monoisotopic (exact) mass is 270 g/mol. The number of hydrogen-bond acceptors (Lipinski definition) is 3. The van der Waals surface area contributed by atoms with Gasteiger partial charge in [0.1, 0.15) is 6.04 Å². The fraction of sp³-hybridized carbons (Fsp3) is 0.933. The summed E-state index contributed by atoms with van der Waals surface area (Å²) in [7, 11) is 0. The Bertz CT molecular complexity index is 259. The van der Waals surface area contributed by atoms with Crippen molar-refractivity contribution in [1.82, 2.24) is 10.2 Å². The third kappa shape index (κ3) is 6.39. The summed E-state index contributed by atoms with van der Waals surface area (Å²) in [6.45, 7) is 8.12. The van der Waals surface area contributed by atoms with E-state index in [1.54, 1.807) is 0 Å². The molecule has 1 heterocycles. The minimum absolute atomic E-state index is 0.389. The van der Waals surface area contributed by atoms with Gasteiger partial charge in [0, 0.05) is 6.54 Å². The number of carbonyl (C=O) groups is 1. The van der Waals surface area contributed by atoms with Crippen LogP contribution in [0.2, 0.25) is 0 Å². The molecule has 0 amide bonds. The van der Waals surface area contributed by atoms with Crippen LogP contribution in [0.1, 0.15) is 52.4 Å². The van der Waals surface area contributed by atoms with Crippen LogP contribution in [0.15, 0.2) is 0 Å². The standard InChI is InChI=1S/C15H30N2O2/c1-3-6-13-7-5-10-17(11-8-13)12-9-14(15(18)19)16-4-2/h13-14,16H,3-12H2,1-2H3,(H,18,19). The summed E-state index contributed by atoms with van der Waals surface area (Å²) in [6.07, 6.45) is 7.24. The maximum atomic E-state index is 11.1. The third-order valence-electron chi connectivity index (χ3n) is 4.12. The zero-order chi connectivity index (χ0) is 14.1. The van der Waals surface area contributed by atoms with E-state index in [2.05, 4.69) is 17.1 Å². The average molecular weight is 270 g/mol. The fourth-order valence-electron chi connectivity index (χ4n) is 3.02. The van der Waals surface area contributed by atoms with E-state index in [1.807, 2.05) is 6.92 Å². The van der Waals surface area contributed by atoms with E-state index in [9.17, 15) is 4.79 Å². The first kappa shape index (κ1) is 16.4. The van der Waals surface area contributed by atoms with E-state index in [0.29, 0.717) is 6.42 Å². The summed E-state index contributed by atoms with van der Waals surface area (Å²) in [5.41, 5.74) is 0. The number of likely N-dealkylation sites (tertiary alicyclic amines) is 1. The molecule has 0 aromatic heterocycles. The lowest BCUT2D eigenvalue weighted by molar-refractivity contribution is -0.139. The molecule has 0 bridgehead atoms. The normalized spacial score (nSPS) is 22.9. The number of aliphatic carboxylic acids is 1. The highest BCUT2D eigenvalue weighted by Crippen LogP contribution is 2.21. The minimum atomic E-state index is -0.722. The molecule has 4 heteroatoms. The number of hydrogen-bond donors (Lipinski definition) is 2. The molecule has 1 rings (SSSR count). The molecule has 0 spiro atoms. The molecule has 0 aliphatic carbocycles. The topological polar surface area (TPSA) is 52.6 Å². The van der Waals surface area contributed by atoms with Crippen LogP contribution >= 0.6 is 0 Å². The number of nitrogens with zero attached hydrogens (tertiary/aromatic N) is 1. The zero-order valence-electron chi connectivity index (χ0n) is 12.5. The van der Waals surface area contributed by atoms with Crippen molar-refractivity contribution in [2.24, 2.45) is 5.92 Å². The lowest BCUT2D eigenvalue weighted by atomic mass is 9.96. The van der Waals surface area contributed by atoms with Gasteiger partial charge in [0.2, 0.25) is 0 Å². The Hall–Kier alpha value is -0.610. The van der Waals surface area contributed by atoms with Gasteiger partial charge in [0.05, 0.1) is 0 Å². The van der Waals surface area contributed by atoms with Gasteiger partial charge in [-0.15, -0.1) is 0 Å². The lowest BCUT2D eigenvalue weighted by Crippen LogP contribution is -2.40. The van der Waals surface area contributed by atoms with E-state index >= 15 is 0 Å². The first-order chi connectivity index (χ1) is 9.17. The Labute approximate surface area is 117 Å². The van der Waals surface area contributed by atoms with Crippen molar-refractivity contribution in [3.63, 3.8) is 0 Å². The van der Waals surface area contributed by atoms with Crippen molar-refractivity contribution in [1.29, 1.82) is 0 Å². The van der Waals surface area contributed by atoms with Crippen molar-refractivity contribution < 1.29 is 9.90 Å². The summed E-state index contributed by atoms with van der Waals surface area (Å²) in [5.74, 6) is 0.166. The molecule has 0 radical (unpaired) electrons. The third-order valence-corrected chi connectivity index (χ3v) is 4.12. The van der Waals surface area contributed by atoms with Gasteiger partial charge in [-0.05, 0) is 51.2 Å². The molecule has 1 aliphatic heterocycles. The van der Waals surface area contributed by atoms with E-state index < -0.39 is 5.97 Å². The van der Waals surface area contributed by atoms with Crippen LogP contribution in [-0.2, 0) is 4.79 Å². The van der Waals surface area contributed by atoms with Crippen LogP contribution in [0, 0.1) is 5.92 Å². The highest BCUT2D eigenvalue weighted by molar-refractivity contribution is 5.73. The molecule has 1 aliphatic rings. The highest BCUT2D eigenvalue weighted by atomic mass is 16.4. The van der Waals surface area contributed by atoms with Crippen LogP contribution in [0.3, 0.4) is 0 Å². The van der Waals surface area contributed by atoms with Crippen molar-refractivity contribution >= 4 is 5.97 Å². The Morgan fingerprint density at radius 3 is 2.79 bits per heavy atom. The van der Waals surface area contributed by atoms with E-state index in [-0.39, 0.29) is 6.04 Å². The SMILES string of the molecule is CCCC1CCCN(CCC(NCC)C(=O)O)CC1. The summed E-state index contributed by atoms with van der Waals surface area (Å²) < 4.78 is 0. The van der Waals surface area contributed by atoms with Crippen LogP contribution in [0.25, 0.3) is 0 Å². The van der Waals surface area contributed by atoms with Crippen molar-refractivity contribution in [2.75, 3.05) is 26.2 Å². The Kier molecular flexibility index (Phi) is 8.07. The van der Waals surface area contributed by atoms with Gasteiger partial charge in [-0.2, -0.15) is 0 Å². The Balaban J connectivity index is 2.30. The van der Waals surface area contributed by atoms with Gasteiger partial charge < -0.3 is 15.3 Å². The molecule has 19 heavy (non-hydrogen) atoms. The number of rotatable bonds is 8. The van der Waals surface area contributed by atoms with Gasteiger partial charge >= 0.3 is 5.97 Å². The predicted octanol–water partition coefficient (Wildman–Crippen LogP) is 2.34. The quantitative estimate of drug-likeness (QED) is 0.711. The second kappa shape index (κ2) is 9.32. The van der Waals surface area contributed by atoms with Gasteiger partial charge in [-0.25, -0.2) is 0 Å². The molecule has 2 unspecified atom stereocenters. The van der Waals surface area contributed by atoms with E-state index in [0.717, 1.165) is 32.1 Å². The van der Waals surface area contributed by atoms with Crippen LogP contribution in [0.4, 0.5) is 0 Å². The maximum absolute atomic E-state index is 11.1. The summed E-state index contributed by atoms with van der Waals surface area (Å²) in [6, 6.07) is -0.389. The molecule has 2 N–H and O–H groups in total. The fourth-order valence-corrected chi connectivity index (χ4v) is 3.02. The zero-order valence-corrected chi connectivity index (χ0v) is 12.5. The van der Waals surface area contributed by atoms with Gasteiger partial charge in [-0.3, -0.25) is 4.79 Å². The highest BCUT2D eigenvalue weighted by Gasteiger charge is 2.20. The number of nitrogens with one attached hydrogen (secondary N) is 1. The minimum Gasteiger partial charge on any atom is -0.480 e. The van der Waals surface area contributed by atoms with Crippen LogP contribution in [-0.4, -0.2) is 48.2 Å². The van der Waals surface area contributed by atoms with Gasteiger partial charge in [0.15, 0.2) is 0 Å². The molecule has 2 atom stereocenters. The molecule has 1 fully saturated rings. The second-order valence-corrected chi connectivity index (χ2v) is 5.66. The summed E-state index contributed by atoms with van der Waals surface area (Å²) >= 11 is 0. The van der Waals surface area contributed by atoms with Gasteiger partial charge in [0.25, 0.3) is 0 Å². The first-order valence-corrected chi connectivity index (χ1v) is 7.85. The summed E-state index contributed by atoms with van der Waals surface area (Å²) in [4.78, 5) is 13.5. The van der Waals surface area contributed by atoms with Crippen molar-refractivity contribution in [3.05, 3.63) is 0 Å². The van der Waals surface area contributed by atoms with E-state index in [4.69, 9.17) is 5.11 Å². The molecule has 0 saturated carbocycles. The molecule has 1 saturated heterocycles. The van der Waals surface area contributed by atoms with Crippen molar-refractivity contribution in [3.8, 4) is 0 Å². The lowest BCUT2D eigenvalue weighted by Gasteiger charge is -2.22. The smallest absolute Gasteiger partial charge is 0.320 e. The molecule has 0 aromatic rings. The second-order valence-electron chi connectivity index (χ2n) is 5.66. The van der Waals surface area contributed by atoms with Crippen LogP contribution in [0.5, 0.6) is 0 Å².